The van der Waals surface area contributed by atoms with E-state index in [-0.39, 0.29) is 11.3 Å². The van der Waals surface area contributed by atoms with Crippen molar-refractivity contribution in [2.75, 3.05) is 0 Å². The Kier molecular flexibility index (Phi) is 3.84. The number of nitrogens with zero attached hydrogens (tertiary/aromatic N) is 3. The number of amides is 1. The van der Waals surface area contributed by atoms with Crippen molar-refractivity contribution < 1.29 is 4.79 Å². The zero-order valence-electron chi connectivity index (χ0n) is 14.1. The average Bonchev–Trinajstić information content (AvgIpc) is 3.27. The van der Waals surface area contributed by atoms with Gasteiger partial charge >= 0.3 is 0 Å². The van der Waals surface area contributed by atoms with Gasteiger partial charge in [0.15, 0.2) is 0 Å². The number of benzene rings is 1. The molecule has 1 aromatic carbocycles. The van der Waals surface area contributed by atoms with E-state index in [4.69, 9.17) is 0 Å². The van der Waals surface area contributed by atoms with Crippen LogP contribution in [-0.2, 0) is 16.8 Å². The zero-order chi connectivity index (χ0) is 17.3. The molecule has 2 heterocycles. The first-order valence-corrected chi connectivity index (χ1v) is 8.46. The Morgan fingerprint density at radius 3 is 2.84 bits per heavy atom. The molecular formula is C20H20N4O. The lowest BCUT2D eigenvalue weighted by atomic mass is 9.93. The molecule has 1 fully saturated rings. The van der Waals surface area contributed by atoms with Crippen LogP contribution in [0.1, 0.15) is 29.5 Å². The number of aromatic nitrogens is 3. The quantitative estimate of drug-likeness (QED) is 0.781. The summed E-state index contributed by atoms with van der Waals surface area (Å²) in [6.07, 6.45) is 8.86. The molecule has 1 amide bonds. The molecule has 2 aromatic heterocycles. The maximum Gasteiger partial charge on any atom is 0.230 e. The zero-order valence-corrected chi connectivity index (χ0v) is 14.1. The molecule has 1 aliphatic rings. The van der Waals surface area contributed by atoms with Crippen molar-refractivity contribution in [3.63, 3.8) is 0 Å². The first-order valence-electron chi connectivity index (χ1n) is 8.46. The summed E-state index contributed by atoms with van der Waals surface area (Å²) >= 11 is 0. The number of nitrogens with one attached hydrogen (secondary N) is 1. The largest absolute Gasteiger partial charge is 0.351 e. The number of rotatable bonds is 5. The molecule has 5 nitrogen and oxygen atoms in total. The minimum atomic E-state index is -0.341. The van der Waals surface area contributed by atoms with Crippen molar-refractivity contribution in [3.05, 3.63) is 78.0 Å². The van der Waals surface area contributed by atoms with Gasteiger partial charge in [0.2, 0.25) is 5.91 Å². The van der Waals surface area contributed by atoms with Gasteiger partial charge < -0.3 is 5.32 Å². The normalized spacial score (nSPS) is 14.9. The smallest absolute Gasteiger partial charge is 0.230 e. The lowest BCUT2D eigenvalue weighted by molar-refractivity contribution is -0.123. The van der Waals surface area contributed by atoms with Gasteiger partial charge in [-0.2, -0.15) is 0 Å². The number of hydrogen-bond acceptors (Lipinski definition) is 3. The highest BCUT2D eigenvalue weighted by Gasteiger charge is 2.51. The Hall–Kier alpha value is -2.95. The molecule has 0 aliphatic heterocycles. The third-order valence-electron chi connectivity index (χ3n) is 4.79. The summed E-state index contributed by atoms with van der Waals surface area (Å²) in [4.78, 5) is 21.2. The summed E-state index contributed by atoms with van der Waals surface area (Å²) in [5, 5.41) is 3.10. The third kappa shape index (κ3) is 3.05. The van der Waals surface area contributed by atoms with E-state index in [2.05, 4.69) is 40.4 Å². The Labute approximate surface area is 146 Å². The highest BCUT2D eigenvalue weighted by molar-refractivity contribution is 5.91. The van der Waals surface area contributed by atoms with E-state index in [9.17, 15) is 4.79 Å². The second-order valence-electron chi connectivity index (χ2n) is 6.63. The molecule has 1 saturated carbocycles. The molecule has 3 aromatic rings. The summed E-state index contributed by atoms with van der Waals surface area (Å²) < 4.78 is 1.85. The number of hydrogen-bond donors (Lipinski definition) is 1. The van der Waals surface area contributed by atoms with Gasteiger partial charge in [-0.05, 0) is 43.0 Å². The lowest BCUT2D eigenvalue weighted by Gasteiger charge is -2.16. The number of aryl methyl sites for hydroxylation is 1. The molecule has 5 heteroatoms. The Morgan fingerprint density at radius 2 is 2.12 bits per heavy atom. The van der Waals surface area contributed by atoms with E-state index in [1.54, 1.807) is 18.7 Å². The third-order valence-corrected chi connectivity index (χ3v) is 4.79. The van der Waals surface area contributed by atoms with Crippen LogP contribution < -0.4 is 5.32 Å². The molecule has 0 unspecified atom stereocenters. The van der Waals surface area contributed by atoms with Gasteiger partial charge in [-0.1, -0.05) is 29.8 Å². The maximum atomic E-state index is 12.8. The van der Waals surface area contributed by atoms with E-state index in [1.807, 2.05) is 29.0 Å². The summed E-state index contributed by atoms with van der Waals surface area (Å²) in [6, 6.07) is 12.2. The summed E-state index contributed by atoms with van der Waals surface area (Å²) in [6.45, 7) is 2.56. The molecule has 0 spiro atoms. The number of pyridine rings is 1. The van der Waals surface area contributed by atoms with Crippen LogP contribution in [0, 0.1) is 6.92 Å². The van der Waals surface area contributed by atoms with Crippen molar-refractivity contribution in [3.8, 4) is 5.82 Å². The lowest BCUT2D eigenvalue weighted by Crippen LogP contribution is -2.34. The monoisotopic (exact) mass is 332 g/mol. The molecule has 25 heavy (non-hydrogen) atoms. The van der Waals surface area contributed by atoms with Crippen molar-refractivity contribution in [1.82, 2.24) is 19.9 Å². The number of carbonyl (C=O) groups excluding carboxylic acids is 1. The van der Waals surface area contributed by atoms with Gasteiger partial charge in [0.25, 0.3) is 0 Å². The second-order valence-corrected chi connectivity index (χ2v) is 6.63. The van der Waals surface area contributed by atoms with Crippen LogP contribution in [0.5, 0.6) is 0 Å². The van der Waals surface area contributed by atoms with Gasteiger partial charge in [-0.3, -0.25) is 9.36 Å². The van der Waals surface area contributed by atoms with Crippen LogP contribution in [0.25, 0.3) is 5.82 Å². The average molecular weight is 332 g/mol. The topological polar surface area (TPSA) is 59.8 Å². The van der Waals surface area contributed by atoms with E-state index in [0.717, 1.165) is 29.8 Å². The summed E-state index contributed by atoms with van der Waals surface area (Å²) in [5.41, 5.74) is 2.99. The van der Waals surface area contributed by atoms with Crippen molar-refractivity contribution in [2.24, 2.45) is 0 Å². The Bertz CT molecular complexity index is 898. The van der Waals surface area contributed by atoms with Gasteiger partial charge in [-0.15, -0.1) is 0 Å². The molecule has 4 rings (SSSR count). The van der Waals surface area contributed by atoms with Crippen LogP contribution >= 0.6 is 0 Å². The van der Waals surface area contributed by atoms with Gasteiger partial charge in [0.05, 0.1) is 5.41 Å². The van der Waals surface area contributed by atoms with Crippen LogP contribution in [0.4, 0.5) is 0 Å². The van der Waals surface area contributed by atoms with Crippen LogP contribution in [0.2, 0.25) is 0 Å². The minimum absolute atomic E-state index is 0.110. The SMILES string of the molecule is Cc1cccc(C2(C(=O)NCc3ccnc(-n4ccnc4)c3)CC2)c1. The van der Waals surface area contributed by atoms with E-state index < -0.39 is 0 Å². The summed E-state index contributed by atoms with van der Waals surface area (Å²) in [7, 11) is 0. The van der Waals surface area contributed by atoms with Crippen LogP contribution in [0.3, 0.4) is 0 Å². The van der Waals surface area contributed by atoms with Crippen molar-refractivity contribution in [1.29, 1.82) is 0 Å². The fourth-order valence-electron chi connectivity index (χ4n) is 3.17. The Morgan fingerprint density at radius 1 is 1.24 bits per heavy atom. The maximum absolute atomic E-state index is 12.8. The Balaban J connectivity index is 1.47. The van der Waals surface area contributed by atoms with Gasteiger partial charge in [0.1, 0.15) is 12.1 Å². The van der Waals surface area contributed by atoms with E-state index in [0.29, 0.717) is 6.54 Å². The minimum Gasteiger partial charge on any atom is -0.351 e. The highest BCUT2D eigenvalue weighted by Crippen LogP contribution is 2.48. The summed E-state index contributed by atoms with van der Waals surface area (Å²) in [5.74, 6) is 0.906. The van der Waals surface area contributed by atoms with Crippen LogP contribution in [0.15, 0.2) is 61.3 Å². The molecule has 126 valence electrons. The molecule has 0 bridgehead atoms. The number of imidazole rings is 1. The fraction of sp³-hybridized carbons (Fsp3) is 0.250. The molecule has 1 aliphatic carbocycles. The van der Waals surface area contributed by atoms with Gasteiger partial charge in [-0.25, -0.2) is 9.97 Å². The second kappa shape index (κ2) is 6.16. The van der Waals surface area contributed by atoms with Crippen molar-refractivity contribution in [2.45, 2.75) is 31.7 Å². The number of carbonyl (C=O) groups is 1. The molecule has 0 saturated heterocycles. The van der Waals surface area contributed by atoms with E-state index >= 15 is 0 Å². The molecular weight excluding hydrogens is 312 g/mol. The molecule has 0 radical (unpaired) electrons. The van der Waals surface area contributed by atoms with E-state index in [1.165, 1.54) is 5.56 Å². The fourth-order valence-corrected chi connectivity index (χ4v) is 3.17. The van der Waals surface area contributed by atoms with Crippen molar-refractivity contribution >= 4 is 5.91 Å². The van der Waals surface area contributed by atoms with Crippen LogP contribution in [-0.4, -0.2) is 20.4 Å². The molecule has 0 atom stereocenters. The highest BCUT2D eigenvalue weighted by atomic mass is 16.2. The standard InChI is InChI=1S/C20H20N4O/c1-15-3-2-4-17(11-15)20(6-7-20)19(25)23-13-16-5-8-22-18(12-16)24-10-9-21-14-24/h2-5,8-12,14H,6-7,13H2,1H3,(H,23,25). The predicted octanol–water partition coefficient (Wildman–Crippen LogP) is 2.92. The first kappa shape index (κ1) is 15.6. The first-order chi connectivity index (χ1) is 12.2. The molecule has 1 N–H and O–H groups in total. The van der Waals surface area contributed by atoms with Gasteiger partial charge in [0, 0.05) is 25.1 Å². The predicted molar refractivity (Wildman–Crippen MR) is 95.3 cm³/mol.